The molecule has 31 heavy (non-hydrogen) atoms. The fraction of sp³-hybridized carbons (Fsp3) is 0.450. The van der Waals surface area contributed by atoms with Crippen LogP contribution in [-0.4, -0.2) is 62.6 Å². The van der Waals surface area contributed by atoms with E-state index in [1.807, 2.05) is 42.5 Å². The van der Waals surface area contributed by atoms with Crippen LogP contribution in [0, 0.1) is 18.8 Å². The van der Waals surface area contributed by atoms with Crippen molar-refractivity contribution in [2.45, 2.75) is 26.1 Å². The molecule has 2 saturated heterocycles. The number of rotatable bonds is 3. The Kier molecular flexibility index (Phi) is 6.71. The zero-order chi connectivity index (χ0) is 22.6. The highest BCUT2D eigenvalue weighted by atomic mass is 19.4. The fourth-order valence-corrected chi connectivity index (χ4v) is 3.69. The Labute approximate surface area is 176 Å². The number of aryl methyl sites for hydroxylation is 1. The number of aromatic nitrogens is 3. The SMILES string of the molecule is Cc1cnc(N2C[C@@H]3CCN(Cc4cccnc4)C(=O)[C@H]3C2)nc1.O=C(O)C(F)(F)F. The molecule has 2 atom stereocenters. The van der Waals surface area contributed by atoms with Gasteiger partial charge in [0, 0.05) is 51.0 Å². The van der Waals surface area contributed by atoms with E-state index >= 15 is 0 Å². The Morgan fingerprint density at radius 2 is 1.90 bits per heavy atom. The summed E-state index contributed by atoms with van der Waals surface area (Å²) < 4.78 is 31.7. The lowest BCUT2D eigenvalue weighted by atomic mass is 9.88. The van der Waals surface area contributed by atoms with Gasteiger partial charge in [0.2, 0.25) is 11.9 Å². The van der Waals surface area contributed by atoms with E-state index < -0.39 is 12.1 Å². The summed E-state index contributed by atoms with van der Waals surface area (Å²) in [7, 11) is 0. The lowest BCUT2D eigenvalue weighted by molar-refractivity contribution is -0.192. The summed E-state index contributed by atoms with van der Waals surface area (Å²) in [6.45, 7) is 5.04. The van der Waals surface area contributed by atoms with Gasteiger partial charge in [-0.1, -0.05) is 6.07 Å². The molecule has 0 radical (unpaired) electrons. The monoisotopic (exact) mass is 437 g/mol. The predicted octanol–water partition coefficient (Wildman–Crippen LogP) is 2.30. The number of carbonyl (C=O) groups is 2. The van der Waals surface area contributed by atoms with Gasteiger partial charge in [-0.3, -0.25) is 9.78 Å². The molecule has 0 aliphatic carbocycles. The molecule has 4 rings (SSSR count). The second-order valence-corrected chi connectivity index (χ2v) is 7.54. The highest BCUT2D eigenvalue weighted by molar-refractivity contribution is 5.81. The number of anilines is 1. The van der Waals surface area contributed by atoms with Crippen molar-refractivity contribution < 1.29 is 27.9 Å². The van der Waals surface area contributed by atoms with E-state index in [9.17, 15) is 18.0 Å². The Morgan fingerprint density at radius 3 is 2.48 bits per heavy atom. The van der Waals surface area contributed by atoms with E-state index in [-0.39, 0.29) is 11.8 Å². The van der Waals surface area contributed by atoms with Gasteiger partial charge in [-0.2, -0.15) is 13.2 Å². The maximum absolute atomic E-state index is 12.9. The van der Waals surface area contributed by atoms with Gasteiger partial charge in [0.05, 0.1) is 5.92 Å². The molecule has 2 aliphatic heterocycles. The molecule has 0 bridgehead atoms. The predicted molar refractivity (Wildman–Crippen MR) is 104 cm³/mol. The lowest BCUT2D eigenvalue weighted by Gasteiger charge is -2.33. The number of hydrogen-bond donors (Lipinski definition) is 1. The number of pyridine rings is 1. The van der Waals surface area contributed by atoms with E-state index in [1.165, 1.54) is 0 Å². The van der Waals surface area contributed by atoms with E-state index in [2.05, 4.69) is 19.9 Å². The third-order valence-corrected chi connectivity index (χ3v) is 5.23. The number of amides is 1. The number of carboxylic acid groups (broad SMARTS) is 1. The van der Waals surface area contributed by atoms with Gasteiger partial charge in [-0.15, -0.1) is 0 Å². The van der Waals surface area contributed by atoms with Crippen LogP contribution in [0.5, 0.6) is 0 Å². The second kappa shape index (κ2) is 9.27. The molecule has 11 heteroatoms. The molecule has 8 nitrogen and oxygen atoms in total. The number of halogens is 3. The van der Waals surface area contributed by atoms with Crippen LogP contribution in [0.3, 0.4) is 0 Å². The Morgan fingerprint density at radius 1 is 1.23 bits per heavy atom. The van der Waals surface area contributed by atoms with Crippen molar-refractivity contribution >= 4 is 17.8 Å². The number of carboxylic acids is 1. The van der Waals surface area contributed by atoms with Gasteiger partial charge < -0.3 is 14.9 Å². The van der Waals surface area contributed by atoms with Crippen molar-refractivity contribution in [3.8, 4) is 0 Å². The summed E-state index contributed by atoms with van der Waals surface area (Å²) in [6, 6.07) is 3.94. The Bertz CT molecular complexity index is 909. The normalized spacial score (nSPS) is 20.7. The van der Waals surface area contributed by atoms with Gasteiger partial charge in [0.25, 0.3) is 0 Å². The topological polar surface area (TPSA) is 99.5 Å². The van der Waals surface area contributed by atoms with Gasteiger partial charge >= 0.3 is 12.1 Å². The van der Waals surface area contributed by atoms with Gasteiger partial charge in [-0.05, 0) is 36.5 Å². The van der Waals surface area contributed by atoms with Gasteiger partial charge in [0.15, 0.2) is 0 Å². The number of nitrogens with zero attached hydrogens (tertiary/aromatic N) is 5. The first-order valence-electron chi connectivity index (χ1n) is 9.66. The molecule has 1 N–H and O–H groups in total. The molecular formula is C20H22F3N5O3. The molecule has 2 aromatic rings. The third kappa shape index (κ3) is 5.68. The van der Waals surface area contributed by atoms with Gasteiger partial charge in [0.1, 0.15) is 0 Å². The van der Waals surface area contributed by atoms with Crippen LogP contribution in [0.25, 0.3) is 0 Å². The summed E-state index contributed by atoms with van der Waals surface area (Å²) in [5.41, 5.74) is 2.13. The van der Waals surface area contributed by atoms with Crippen LogP contribution in [-0.2, 0) is 16.1 Å². The number of alkyl halides is 3. The zero-order valence-corrected chi connectivity index (χ0v) is 16.8. The molecule has 2 aromatic heterocycles. The highest BCUT2D eigenvalue weighted by Gasteiger charge is 2.43. The summed E-state index contributed by atoms with van der Waals surface area (Å²) in [5.74, 6) is -1.30. The van der Waals surface area contributed by atoms with Crippen LogP contribution < -0.4 is 4.90 Å². The quantitative estimate of drug-likeness (QED) is 0.787. The molecular weight excluding hydrogens is 415 g/mol. The van der Waals surface area contributed by atoms with Crippen molar-refractivity contribution in [3.63, 3.8) is 0 Å². The van der Waals surface area contributed by atoms with Crippen LogP contribution in [0.4, 0.5) is 19.1 Å². The first-order valence-corrected chi connectivity index (χ1v) is 9.66. The molecule has 0 unspecified atom stereocenters. The van der Waals surface area contributed by atoms with E-state index in [0.717, 1.165) is 43.1 Å². The van der Waals surface area contributed by atoms with Crippen molar-refractivity contribution in [2.24, 2.45) is 11.8 Å². The first kappa shape index (κ1) is 22.4. The molecule has 2 aliphatic rings. The van der Waals surface area contributed by atoms with E-state index in [1.54, 1.807) is 6.20 Å². The molecule has 0 spiro atoms. The van der Waals surface area contributed by atoms with Gasteiger partial charge in [-0.25, -0.2) is 14.8 Å². The van der Waals surface area contributed by atoms with Crippen LogP contribution in [0.15, 0.2) is 36.9 Å². The van der Waals surface area contributed by atoms with Crippen LogP contribution in [0.1, 0.15) is 17.5 Å². The zero-order valence-electron chi connectivity index (χ0n) is 16.8. The third-order valence-electron chi connectivity index (χ3n) is 5.23. The lowest BCUT2D eigenvalue weighted by Crippen LogP contribution is -2.44. The number of likely N-dealkylation sites (tertiary alicyclic amines) is 1. The minimum atomic E-state index is -5.08. The number of piperidine rings is 1. The minimum absolute atomic E-state index is 0.0559. The van der Waals surface area contributed by atoms with Crippen molar-refractivity contribution in [1.82, 2.24) is 19.9 Å². The van der Waals surface area contributed by atoms with E-state index in [0.29, 0.717) is 12.5 Å². The molecule has 166 valence electrons. The van der Waals surface area contributed by atoms with E-state index in [4.69, 9.17) is 9.90 Å². The number of fused-ring (bicyclic) bond motifs is 1. The standard InChI is InChI=1S/C18H21N5O.C2HF3O2/c1-13-7-20-18(21-8-13)23-11-15-4-6-22(17(24)16(15)12-23)10-14-3-2-5-19-9-14;3-2(4,5)1(6)7/h2-3,5,7-9,15-16H,4,6,10-12H2,1H3;(H,6,7)/t15-,16-;/m0./s1. The molecule has 0 saturated carbocycles. The first-order chi connectivity index (χ1) is 14.6. The average Bonchev–Trinajstić information content (AvgIpc) is 3.16. The van der Waals surface area contributed by atoms with Crippen molar-refractivity contribution in [1.29, 1.82) is 0 Å². The van der Waals surface area contributed by atoms with Crippen LogP contribution in [0.2, 0.25) is 0 Å². The summed E-state index contributed by atoms with van der Waals surface area (Å²) >= 11 is 0. The fourth-order valence-electron chi connectivity index (χ4n) is 3.69. The maximum Gasteiger partial charge on any atom is 0.490 e. The van der Waals surface area contributed by atoms with Crippen LogP contribution >= 0.6 is 0 Å². The number of aliphatic carboxylic acids is 1. The summed E-state index contributed by atoms with van der Waals surface area (Å²) in [6.07, 6.45) is 3.22. The molecule has 2 fully saturated rings. The second-order valence-electron chi connectivity index (χ2n) is 7.54. The maximum atomic E-state index is 12.9. The largest absolute Gasteiger partial charge is 0.490 e. The molecule has 4 heterocycles. The number of hydrogen-bond acceptors (Lipinski definition) is 6. The highest BCUT2D eigenvalue weighted by Crippen LogP contribution is 2.34. The molecule has 1 amide bonds. The smallest absolute Gasteiger partial charge is 0.475 e. The molecule has 0 aromatic carbocycles. The average molecular weight is 437 g/mol. The van der Waals surface area contributed by atoms with Crippen molar-refractivity contribution in [3.05, 3.63) is 48.0 Å². The van der Waals surface area contributed by atoms with Crippen molar-refractivity contribution in [2.75, 3.05) is 24.5 Å². The Balaban J connectivity index is 0.000000339. The number of carbonyl (C=O) groups excluding carboxylic acids is 1. The summed E-state index contributed by atoms with van der Waals surface area (Å²) in [5, 5.41) is 7.12. The Hall–Kier alpha value is -3.24. The summed E-state index contributed by atoms with van der Waals surface area (Å²) in [4.78, 5) is 38.9. The minimum Gasteiger partial charge on any atom is -0.475 e.